The van der Waals surface area contributed by atoms with Crippen molar-refractivity contribution in [2.24, 2.45) is 7.05 Å². The van der Waals surface area contributed by atoms with Gasteiger partial charge in [-0.3, -0.25) is 9.25 Å². The number of aromatic nitrogens is 4. The number of aromatic carboxylic acids is 1. The molecule has 9 nitrogen and oxygen atoms in total. The first-order chi connectivity index (χ1) is 20.8. The van der Waals surface area contributed by atoms with Crippen LogP contribution < -0.4 is 9.47 Å². The molecule has 1 aliphatic rings. The summed E-state index contributed by atoms with van der Waals surface area (Å²) in [5.74, 6) is -0.279. The summed E-state index contributed by atoms with van der Waals surface area (Å²) < 4.78 is 28.8. The molecule has 6 rings (SSSR count). The first-order valence-electron chi connectivity index (χ1n) is 14.0. The number of carbonyl (C=O) groups is 1. The van der Waals surface area contributed by atoms with Gasteiger partial charge in [0.25, 0.3) is 0 Å². The summed E-state index contributed by atoms with van der Waals surface area (Å²) in [6, 6.07) is 13.2. The highest BCUT2D eigenvalue weighted by Gasteiger charge is 2.25. The largest absolute Gasteiger partial charge is 0.489 e. The lowest BCUT2D eigenvalue weighted by Crippen LogP contribution is -2.39. The lowest BCUT2D eigenvalue weighted by atomic mass is 10.1. The number of hydrogen-bond donors (Lipinski definition) is 1. The van der Waals surface area contributed by atoms with Gasteiger partial charge >= 0.3 is 5.97 Å². The molecule has 0 spiro atoms. The lowest BCUT2D eigenvalue weighted by molar-refractivity contribution is 0.0695. The minimum Gasteiger partial charge on any atom is -0.489 e. The number of benzene rings is 2. The van der Waals surface area contributed by atoms with Crippen LogP contribution in [0.5, 0.6) is 11.5 Å². The Morgan fingerprint density at radius 1 is 1.19 bits per heavy atom. The second kappa shape index (κ2) is 12.4. The van der Waals surface area contributed by atoms with Crippen molar-refractivity contribution >= 4 is 39.9 Å². The maximum atomic E-state index is 12.7. The van der Waals surface area contributed by atoms with Gasteiger partial charge in [0.15, 0.2) is 4.88 Å². The number of hydrogen-bond acceptors (Lipinski definition) is 7. The normalized spacial score (nSPS) is 15.2. The van der Waals surface area contributed by atoms with Gasteiger partial charge < -0.3 is 19.5 Å². The molecule has 1 N–H and O–H groups in total. The van der Waals surface area contributed by atoms with E-state index in [1.54, 1.807) is 23.3 Å². The van der Waals surface area contributed by atoms with Crippen molar-refractivity contribution in [1.82, 2.24) is 24.2 Å². The van der Waals surface area contributed by atoms with Gasteiger partial charge in [0.2, 0.25) is 0 Å². The fraction of sp³-hybridized carbons (Fsp3) is 0.323. The molecule has 3 aromatic heterocycles. The number of imidazole rings is 1. The van der Waals surface area contributed by atoms with Crippen LogP contribution >= 0.6 is 22.9 Å². The van der Waals surface area contributed by atoms with Gasteiger partial charge in [0.1, 0.15) is 41.7 Å². The maximum absolute atomic E-state index is 12.7. The number of alkyl halides is 1. The Bertz CT molecular complexity index is 1760. The zero-order valence-electron chi connectivity index (χ0n) is 23.7. The molecule has 1 saturated heterocycles. The van der Waals surface area contributed by atoms with Crippen LogP contribution in [0.3, 0.4) is 0 Å². The van der Waals surface area contributed by atoms with E-state index in [-0.39, 0.29) is 23.4 Å². The van der Waals surface area contributed by atoms with Crippen LogP contribution in [-0.2, 0) is 7.05 Å². The van der Waals surface area contributed by atoms with Crippen LogP contribution in [0.25, 0.3) is 27.2 Å². The molecule has 1 aliphatic heterocycles. The van der Waals surface area contributed by atoms with E-state index in [2.05, 4.69) is 15.0 Å². The van der Waals surface area contributed by atoms with E-state index in [1.807, 2.05) is 61.1 Å². The second-order valence-corrected chi connectivity index (χ2v) is 12.0. The zero-order valence-corrected chi connectivity index (χ0v) is 25.3. The Morgan fingerprint density at radius 2 is 2.00 bits per heavy atom. The van der Waals surface area contributed by atoms with Gasteiger partial charge in [-0.05, 0) is 43.5 Å². The molecule has 4 heterocycles. The van der Waals surface area contributed by atoms with Crippen molar-refractivity contribution in [2.45, 2.75) is 32.0 Å². The minimum atomic E-state index is -1.08. The summed E-state index contributed by atoms with van der Waals surface area (Å²) in [7, 11) is 1.87. The molecule has 2 aromatic carbocycles. The molecule has 0 unspecified atom stereocenters. The third-order valence-electron chi connectivity index (χ3n) is 7.67. The number of thiophene rings is 1. The highest BCUT2D eigenvalue weighted by Crippen LogP contribution is 2.39. The predicted molar refractivity (Wildman–Crippen MR) is 165 cm³/mol. The van der Waals surface area contributed by atoms with Gasteiger partial charge in [-0.15, -0.1) is 11.3 Å². The number of carboxylic acid groups (broad SMARTS) is 1. The highest BCUT2D eigenvalue weighted by atomic mass is 35.5. The van der Waals surface area contributed by atoms with E-state index in [0.29, 0.717) is 27.9 Å². The summed E-state index contributed by atoms with van der Waals surface area (Å²) in [5, 5.41) is 15.3. The van der Waals surface area contributed by atoms with Gasteiger partial charge in [-0.2, -0.15) is 5.10 Å². The zero-order chi connectivity index (χ0) is 30.1. The standard InChI is InChI=1S/C31H31ClFN5O4S/c1-19(23-4-3-5-26(29(23)32)42-22-8-11-37(12-9-22)13-10-33)41-27-15-28(43-30(27)31(39)40)38-18-34-24-14-20(6-7-25(24)38)21-16-35-36(2)17-21/h3-7,14-19,22H,8-13H2,1-2H3,(H,39,40)/t19-/m1/s1. The second-order valence-electron chi connectivity index (χ2n) is 10.6. The van der Waals surface area contributed by atoms with Crippen LogP contribution in [0, 0.1) is 0 Å². The molecule has 0 amide bonds. The van der Waals surface area contributed by atoms with Crippen molar-refractivity contribution in [3.8, 4) is 27.6 Å². The number of halogens is 2. The minimum absolute atomic E-state index is 0.0108. The van der Waals surface area contributed by atoms with Crippen LogP contribution in [0.1, 0.15) is 41.1 Å². The molecule has 1 fully saturated rings. The monoisotopic (exact) mass is 623 g/mol. The quantitative estimate of drug-likeness (QED) is 0.183. The number of ether oxygens (including phenoxy) is 2. The summed E-state index contributed by atoms with van der Waals surface area (Å²) >= 11 is 7.90. The molecule has 0 saturated carbocycles. The smallest absolute Gasteiger partial charge is 0.349 e. The summed E-state index contributed by atoms with van der Waals surface area (Å²) in [6.07, 6.45) is 6.44. The Balaban J connectivity index is 1.22. The lowest BCUT2D eigenvalue weighted by Gasteiger charge is -2.31. The van der Waals surface area contributed by atoms with E-state index in [1.165, 1.54) is 0 Å². The van der Waals surface area contributed by atoms with Crippen LogP contribution in [-0.4, -0.2) is 67.7 Å². The van der Waals surface area contributed by atoms with Gasteiger partial charge in [-0.25, -0.2) is 14.2 Å². The maximum Gasteiger partial charge on any atom is 0.349 e. The van der Waals surface area contributed by atoms with E-state index in [0.717, 1.165) is 59.4 Å². The van der Waals surface area contributed by atoms with Gasteiger partial charge in [0.05, 0.1) is 22.3 Å². The number of piperidine rings is 1. The van der Waals surface area contributed by atoms with Gasteiger partial charge in [0, 0.05) is 50.1 Å². The summed E-state index contributed by atoms with van der Waals surface area (Å²) in [6.45, 7) is 3.49. The van der Waals surface area contributed by atoms with Crippen LogP contribution in [0.4, 0.5) is 4.39 Å². The number of carboxylic acids is 1. The number of aryl methyl sites for hydroxylation is 1. The van der Waals surface area contributed by atoms with E-state index in [9.17, 15) is 14.3 Å². The Morgan fingerprint density at radius 3 is 2.72 bits per heavy atom. The number of nitrogens with zero attached hydrogens (tertiary/aromatic N) is 5. The SMILES string of the molecule is C[C@@H](Oc1cc(-n2cnc3cc(-c4cnn(C)c4)ccc32)sc1C(=O)O)c1cccc(OC2CCN(CCF)CC2)c1Cl. The molecule has 0 aliphatic carbocycles. The summed E-state index contributed by atoms with van der Waals surface area (Å²) in [5.41, 5.74) is 4.29. The first-order valence-corrected chi connectivity index (χ1v) is 15.2. The molecule has 12 heteroatoms. The number of likely N-dealkylation sites (tertiary alicyclic amines) is 1. The molecular formula is C31H31ClFN5O4S. The van der Waals surface area contributed by atoms with E-state index in [4.69, 9.17) is 21.1 Å². The molecule has 0 radical (unpaired) electrons. The fourth-order valence-corrected chi connectivity index (χ4v) is 6.63. The first kappa shape index (κ1) is 29.2. The van der Waals surface area contributed by atoms with Crippen molar-refractivity contribution < 1.29 is 23.8 Å². The Hall–Kier alpha value is -3.93. The van der Waals surface area contributed by atoms with Crippen molar-refractivity contribution in [3.63, 3.8) is 0 Å². The average Bonchev–Trinajstić information content (AvgIpc) is 3.73. The molecule has 1 atom stereocenters. The molecule has 5 aromatic rings. The third kappa shape index (κ3) is 6.11. The third-order valence-corrected chi connectivity index (χ3v) is 9.17. The highest BCUT2D eigenvalue weighted by molar-refractivity contribution is 7.16. The molecule has 43 heavy (non-hydrogen) atoms. The topological polar surface area (TPSA) is 94.6 Å². The van der Waals surface area contributed by atoms with Crippen molar-refractivity contribution in [2.75, 3.05) is 26.3 Å². The van der Waals surface area contributed by atoms with E-state index < -0.39 is 12.1 Å². The Labute approximate surface area is 257 Å². The molecule has 0 bridgehead atoms. The number of rotatable bonds is 10. The number of fused-ring (bicyclic) bond motifs is 1. The van der Waals surface area contributed by atoms with Crippen LogP contribution in [0.15, 0.2) is 61.2 Å². The van der Waals surface area contributed by atoms with Crippen LogP contribution in [0.2, 0.25) is 5.02 Å². The average molecular weight is 624 g/mol. The van der Waals surface area contributed by atoms with Crippen molar-refractivity contribution in [1.29, 1.82) is 0 Å². The van der Waals surface area contributed by atoms with Crippen molar-refractivity contribution in [3.05, 3.63) is 76.6 Å². The fourth-order valence-electron chi connectivity index (χ4n) is 5.39. The Kier molecular flexibility index (Phi) is 8.38. The van der Waals surface area contributed by atoms with E-state index >= 15 is 0 Å². The predicted octanol–water partition coefficient (Wildman–Crippen LogP) is 6.79. The van der Waals surface area contributed by atoms with Gasteiger partial charge in [-0.1, -0.05) is 29.8 Å². The summed E-state index contributed by atoms with van der Waals surface area (Å²) in [4.78, 5) is 19.0. The molecular weight excluding hydrogens is 593 g/mol. The molecule has 224 valence electrons.